The summed E-state index contributed by atoms with van der Waals surface area (Å²) in [6.07, 6.45) is 0. The Hall–Kier alpha value is -1.73. The van der Waals surface area contributed by atoms with Crippen molar-refractivity contribution in [1.82, 2.24) is 19.5 Å². The molecule has 1 aromatic carbocycles. The Morgan fingerprint density at radius 3 is 2.45 bits per heavy atom. The molecule has 1 N–H and O–H groups in total. The molecule has 0 bridgehead atoms. The van der Waals surface area contributed by atoms with Crippen LogP contribution in [0.25, 0.3) is 0 Å². The first-order valence-corrected chi connectivity index (χ1v) is 8.65. The van der Waals surface area contributed by atoms with Gasteiger partial charge in [-0.15, -0.1) is 0 Å². The second-order valence-corrected chi connectivity index (χ2v) is 7.36. The first-order chi connectivity index (χ1) is 10.2. The van der Waals surface area contributed by atoms with Gasteiger partial charge in [-0.3, -0.25) is 0 Å². The summed E-state index contributed by atoms with van der Waals surface area (Å²) in [6, 6.07) is 5.20. The average Bonchev–Trinajstić information content (AvgIpc) is 2.74. The highest BCUT2D eigenvalue weighted by molar-refractivity contribution is 7.89. The van der Waals surface area contributed by atoms with Gasteiger partial charge in [0.2, 0.25) is 10.0 Å². The van der Waals surface area contributed by atoms with Crippen LogP contribution in [0.4, 0.5) is 0 Å². The van der Waals surface area contributed by atoms with Crippen LogP contribution in [-0.4, -0.2) is 29.7 Å². The Kier molecular flexibility index (Phi) is 4.67. The van der Waals surface area contributed by atoms with Gasteiger partial charge in [0.1, 0.15) is 11.6 Å². The Labute approximate surface area is 131 Å². The Balaban J connectivity index is 2.14. The number of hydrogen-bond acceptors (Lipinski definition) is 4. The fraction of sp³-hybridized carbons (Fsp3) is 0.467. The molecule has 0 spiro atoms. The molecule has 0 unspecified atom stereocenters. The van der Waals surface area contributed by atoms with E-state index in [-0.39, 0.29) is 12.6 Å². The van der Waals surface area contributed by atoms with Gasteiger partial charge in [-0.05, 0) is 46.2 Å². The third-order valence-electron chi connectivity index (χ3n) is 3.51. The molecule has 0 amide bonds. The van der Waals surface area contributed by atoms with Crippen molar-refractivity contribution >= 4 is 10.0 Å². The number of rotatable bonds is 5. The van der Waals surface area contributed by atoms with E-state index in [9.17, 15) is 8.42 Å². The molecule has 1 atom stereocenters. The second kappa shape index (κ2) is 6.18. The van der Waals surface area contributed by atoms with Crippen LogP contribution in [0.2, 0.25) is 0 Å². The number of aromatic nitrogens is 3. The van der Waals surface area contributed by atoms with Crippen LogP contribution >= 0.6 is 0 Å². The lowest BCUT2D eigenvalue weighted by Crippen LogP contribution is -2.31. The minimum absolute atomic E-state index is 0.110. The lowest BCUT2D eigenvalue weighted by atomic mass is 10.2. The smallest absolute Gasteiger partial charge is 0.240 e. The molecule has 0 fully saturated rings. The van der Waals surface area contributed by atoms with Gasteiger partial charge in [0, 0.05) is 6.54 Å². The van der Waals surface area contributed by atoms with Crippen molar-refractivity contribution in [3.05, 3.63) is 41.0 Å². The number of aryl methyl sites for hydroxylation is 4. The maximum Gasteiger partial charge on any atom is 0.240 e. The van der Waals surface area contributed by atoms with Crippen molar-refractivity contribution in [1.29, 1.82) is 0 Å². The fourth-order valence-electron chi connectivity index (χ4n) is 2.45. The van der Waals surface area contributed by atoms with E-state index in [2.05, 4.69) is 14.8 Å². The van der Waals surface area contributed by atoms with Crippen LogP contribution in [0.5, 0.6) is 0 Å². The molecule has 0 saturated heterocycles. The summed E-state index contributed by atoms with van der Waals surface area (Å²) < 4.78 is 29.3. The topological polar surface area (TPSA) is 76.9 Å². The van der Waals surface area contributed by atoms with Gasteiger partial charge in [-0.25, -0.2) is 22.8 Å². The molecule has 0 aliphatic carbocycles. The maximum atomic E-state index is 12.4. The predicted molar refractivity (Wildman–Crippen MR) is 85.3 cm³/mol. The van der Waals surface area contributed by atoms with Crippen molar-refractivity contribution < 1.29 is 8.42 Å². The largest absolute Gasteiger partial charge is 0.246 e. The van der Waals surface area contributed by atoms with Crippen LogP contribution in [0.3, 0.4) is 0 Å². The molecular weight excluding hydrogens is 300 g/mol. The minimum atomic E-state index is -3.53. The lowest BCUT2D eigenvalue weighted by molar-refractivity contribution is 0.466. The third kappa shape index (κ3) is 3.53. The van der Waals surface area contributed by atoms with Crippen LogP contribution in [0.15, 0.2) is 23.1 Å². The number of nitrogens with zero attached hydrogens (tertiary/aromatic N) is 3. The average molecular weight is 322 g/mol. The molecule has 0 saturated carbocycles. The van der Waals surface area contributed by atoms with Gasteiger partial charge in [-0.1, -0.05) is 17.7 Å². The summed E-state index contributed by atoms with van der Waals surface area (Å²) in [7, 11) is -3.53. The highest BCUT2D eigenvalue weighted by Gasteiger charge is 2.19. The van der Waals surface area contributed by atoms with Gasteiger partial charge in [0.15, 0.2) is 0 Å². The first kappa shape index (κ1) is 16.6. The van der Waals surface area contributed by atoms with Crippen molar-refractivity contribution in [2.75, 3.05) is 6.54 Å². The quantitative estimate of drug-likeness (QED) is 0.914. The van der Waals surface area contributed by atoms with Crippen LogP contribution in [-0.2, 0) is 10.0 Å². The predicted octanol–water partition coefficient (Wildman–Crippen LogP) is 2.05. The van der Waals surface area contributed by atoms with E-state index in [1.54, 1.807) is 23.7 Å². The molecule has 1 heterocycles. The molecule has 6 nitrogen and oxygen atoms in total. The Morgan fingerprint density at radius 1 is 1.23 bits per heavy atom. The summed E-state index contributed by atoms with van der Waals surface area (Å²) in [5.74, 6) is 1.46. The molecule has 0 aliphatic rings. The van der Waals surface area contributed by atoms with Crippen molar-refractivity contribution in [2.45, 2.75) is 45.6 Å². The molecule has 0 aliphatic heterocycles. The minimum Gasteiger partial charge on any atom is -0.246 e. The lowest BCUT2D eigenvalue weighted by Gasteiger charge is -2.15. The zero-order chi connectivity index (χ0) is 16.5. The number of sulfonamides is 1. The molecular formula is C15H22N4O2S. The summed E-state index contributed by atoms with van der Waals surface area (Å²) >= 11 is 0. The molecule has 22 heavy (non-hydrogen) atoms. The number of benzene rings is 1. The van der Waals surface area contributed by atoms with Gasteiger partial charge >= 0.3 is 0 Å². The summed E-state index contributed by atoms with van der Waals surface area (Å²) in [6.45, 7) is 9.58. The van der Waals surface area contributed by atoms with E-state index in [1.165, 1.54) is 0 Å². The zero-order valence-electron chi connectivity index (χ0n) is 13.6. The normalized spacial score (nSPS) is 13.3. The number of hydrogen-bond donors (Lipinski definition) is 1. The number of nitrogens with one attached hydrogen (secondary N) is 1. The Morgan fingerprint density at radius 2 is 1.91 bits per heavy atom. The van der Waals surface area contributed by atoms with Crippen molar-refractivity contribution in [3.8, 4) is 0 Å². The second-order valence-electron chi connectivity index (χ2n) is 5.62. The SMILES string of the molecule is Cc1ccc(S(=O)(=O)NC[C@@H](C)n2nc(C)nc2C)c(C)c1. The summed E-state index contributed by atoms with van der Waals surface area (Å²) in [5.41, 5.74) is 1.78. The van der Waals surface area contributed by atoms with E-state index >= 15 is 0 Å². The highest BCUT2D eigenvalue weighted by Crippen LogP contribution is 2.17. The standard InChI is InChI=1S/C15H22N4O2S/c1-10-6-7-15(11(2)8-10)22(20,21)16-9-12(3)19-14(5)17-13(4)18-19/h6-8,12,16H,9H2,1-5H3/t12-/m1/s1. The van der Waals surface area contributed by atoms with Crippen LogP contribution in [0, 0.1) is 27.7 Å². The molecule has 2 aromatic rings. The summed E-state index contributed by atoms with van der Waals surface area (Å²) in [4.78, 5) is 4.55. The van der Waals surface area contributed by atoms with Gasteiger partial charge in [0.25, 0.3) is 0 Å². The maximum absolute atomic E-state index is 12.4. The van der Waals surface area contributed by atoms with E-state index < -0.39 is 10.0 Å². The fourth-order valence-corrected chi connectivity index (χ4v) is 3.80. The molecule has 1 aromatic heterocycles. The van der Waals surface area contributed by atoms with E-state index in [4.69, 9.17) is 0 Å². The monoisotopic (exact) mass is 322 g/mol. The summed E-state index contributed by atoms with van der Waals surface area (Å²) in [5, 5.41) is 4.28. The molecule has 120 valence electrons. The van der Waals surface area contributed by atoms with Crippen molar-refractivity contribution in [3.63, 3.8) is 0 Å². The van der Waals surface area contributed by atoms with E-state index in [1.807, 2.05) is 33.8 Å². The van der Waals surface area contributed by atoms with Gasteiger partial charge < -0.3 is 0 Å². The van der Waals surface area contributed by atoms with Crippen LogP contribution in [0.1, 0.15) is 35.7 Å². The van der Waals surface area contributed by atoms with Gasteiger partial charge in [-0.2, -0.15) is 5.10 Å². The zero-order valence-corrected chi connectivity index (χ0v) is 14.4. The van der Waals surface area contributed by atoms with Crippen LogP contribution < -0.4 is 4.72 Å². The molecule has 7 heteroatoms. The molecule has 0 radical (unpaired) electrons. The van der Waals surface area contributed by atoms with E-state index in [0.717, 1.165) is 17.0 Å². The molecule has 2 rings (SSSR count). The van der Waals surface area contributed by atoms with E-state index in [0.29, 0.717) is 10.7 Å². The van der Waals surface area contributed by atoms with Gasteiger partial charge in [0.05, 0.1) is 10.9 Å². The third-order valence-corrected chi connectivity index (χ3v) is 5.10. The first-order valence-electron chi connectivity index (χ1n) is 7.17. The Bertz CT molecular complexity index is 781. The van der Waals surface area contributed by atoms with Crippen molar-refractivity contribution in [2.24, 2.45) is 0 Å². The highest BCUT2D eigenvalue weighted by atomic mass is 32.2.